The maximum atomic E-state index is 11.4. The molecule has 0 N–H and O–H groups in total. The number of rotatable bonds is 3. The van der Waals surface area contributed by atoms with E-state index >= 15 is 0 Å². The van der Waals surface area contributed by atoms with Crippen LogP contribution in [0.15, 0.2) is 52.4 Å². The minimum Gasteiger partial charge on any atom is -0.224 e. The summed E-state index contributed by atoms with van der Waals surface area (Å²) in [5.74, 6) is 0. The van der Waals surface area contributed by atoms with Gasteiger partial charge in [-0.3, -0.25) is 0 Å². The standard InChI is InChI=1S/C14H10ClNO2S2/c1-20(17,18)12-5-2-10(3-6-12)13-7-4-11(16-9-19)8-14(13)15/h2-8H,1H3. The van der Waals surface area contributed by atoms with Gasteiger partial charge in [0.1, 0.15) is 0 Å². The third-order valence-corrected chi connectivity index (χ3v) is 4.25. The van der Waals surface area contributed by atoms with Gasteiger partial charge in [-0.25, -0.2) is 8.42 Å². The van der Waals surface area contributed by atoms with E-state index in [-0.39, 0.29) is 4.90 Å². The van der Waals surface area contributed by atoms with Crippen molar-refractivity contribution in [3.05, 3.63) is 47.5 Å². The van der Waals surface area contributed by atoms with Gasteiger partial charge in [0.25, 0.3) is 0 Å². The van der Waals surface area contributed by atoms with Crippen LogP contribution >= 0.6 is 23.8 Å². The number of sulfone groups is 1. The van der Waals surface area contributed by atoms with Gasteiger partial charge in [-0.15, -0.1) is 0 Å². The Kier molecular flexibility index (Phi) is 4.35. The summed E-state index contributed by atoms with van der Waals surface area (Å²) in [6.07, 6.45) is 1.17. The highest BCUT2D eigenvalue weighted by Crippen LogP contribution is 2.31. The lowest BCUT2D eigenvalue weighted by Crippen LogP contribution is -1.96. The zero-order chi connectivity index (χ0) is 14.8. The van der Waals surface area contributed by atoms with Gasteiger partial charge in [-0.05, 0) is 42.0 Å². The van der Waals surface area contributed by atoms with Crippen molar-refractivity contribution >= 4 is 44.5 Å². The summed E-state index contributed by atoms with van der Waals surface area (Å²) in [7, 11) is -3.19. The van der Waals surface area contributed by atoms with Crippen molar-refractivity contribution in [3.8, 4) is 11.1 Å². The van der Waals surface area contributed by atoms with Gasteiger partial charge in [0.05, 0.1) is 20.8 Å². The number of halogens is 1. The quantitative estimate of drug-likeness (QED) is 0.630. The highest BCUT2D eigenvalue weighted by molar-refractivity contribution is 7.90. The largest absolute Gasteiger partial charge is 0.224 e. The van der Waals surface area contributed by atoms with Crippen LogP contribution in [0.5, 0.6) is 0 Å². The molecule has 0 atom stereocenters. The van der Waals surface area contributed by atoms with Gasteiger partial charge in [0.15, 0.2) is 9.84 Å². The number of isothiocyanates is 1. The topological polar surface area (TPSA) is 46.5 Å². The molecule has 102 valence electrons. The molecule has 0 aliphatic rings. The molecule has 6 heteroatoms. The van der Waals surface area contributed by atoms with Crippen LogP contribution in [0.1, 0.15) is 0 Å². The van der Waals surface area contributed by atoms with E-state index in [1.54, 1.807) is 36.4 Å². The highest BCUT2D eigenvalue weighted by Gasteiger charge is 2.08. The third-order valence-electron chi connectivity index (χ3n) is 2.72. The number of benzene rings is 2. The van der Waals surface area contributed by atoms with Crippen LogP contribution in [0, 0.1) is 0 Å². The SMILES string of the molecule is CS(=O)(=O)c1ccc(-c2ccc(N=C=S)cc2Cl)cc1. The number of nitrogens with zero attached hydrogens (tertiary/aromatic N) is 1. The number of hydrogen-bond acceptors (Lipinski definition) is 4. The third kappa shape index (κ3) is 3.32. The summed E-state index contributed by atoms with van der Waals surface area (Å²) in [5, 5.41) is 2.79. The number of thiocarbonyl (C=S) groups is 1. The summed E-state index contributed by atoms with van der Waals surface area (Å²) in [5.41, 5.74) is 2.26. The first-order chi connectivity index (χ1) is 9.41. The molecule has 0 bridgehead atoms. The Bertz CT molecular complexity index is 792. The van der Waals surface area contributed by atoms with Crippen LogP contribution in [-0.4, -0.2) is 19.8 Å². The molecule has 0 aliphatic heterocycles. The summed E-state index contributed by atoms with van der Waals surface area (Å²) in [4.78, 5) is 4.13. The summed E-state index contributed by atoms with van der Waals surface area (Å²) in [6, 6.07) is 11.8. The maximum absolute atomic E-state index is 11.4. The van der Waals surface area contributed by atoms with Crippen molar-refractivity contribution in [2.24, 2.45) is 4.99 Å². The van der Waals surface area contributed by atoms with Crippen LogP contribution in [-0.2, 0) is 9.84 Å². The Morgan fingerprint density at radius 2 is 1.80 bits per heavy atom. The van der Waals surface area contributed by atoms with Gasteiger partial charge in [0.2, 0.25) is 0 Å². The molecular formula is C14H10ClNO2S2. The molecule has 2 aromatic carbocycles. The van der Waals surface area contributed by atoms with E-state index < -0.39 is 9.84 Å². The Labute approximate surface area is 127 Å². The predicted molar refractivity (Wildman–Crippen MR) is 84.7 cm³/mol. The van der Waals surface area contributed by atoms with Crippen molar-refractivity contribution in [2.75, 3.05) is 6.26 Å². The second kappa shape index (κ2) is 5.85. The van der Waals surface area contributed by atoms with E-state index in [9.17, 15) is 8.42 Å². The predicted octanol–water partition coefficient (Wildman–Crippen LogP) is 4.14. The molecule has 0 aliphatic carbocycles. The summed E-state index contributed by atoms with van der Waals surface area (Å²) < 4.78 is 22.8. The van der Waals surface area contributed by atoms with Crippen LogP contribution < -0.4 is 0 Å². The molecule has 0 fully saturated rings. The van der Waals surface area contributed by atoms with E-state index in [0.717, 1.165) is 11.1 Å². The van der Waals surface area contributed by atoms with Crippen molar-refractivity contribution in [1.29, 1.82) is 0 Å². The first-order valence-corrected chi connectivity index (χ1v) is 8.27. The van der Waals surface area contributed by atoms with Gasteiger partial charge >= 0.3 is 0 Å². The summed E-state index contributed by atoms with van der Waals surface area (Å²) in [6.45, 7) is 0. The molecule has 0 aromatic heterocycles. The van der Waals surface area contributed by atoms with Crippen LogP contribution in [0.3, 0.4) is 0 Å². The van der Waals surface area contributed by atoms with Crippen molar-refractivity contribution < 1.29 is 8.42 Å². The lowest BCUT2D eigenvalue weighted by Gasteiger charge is -2.06. The second-order valence-corrected chi connectivity index (χ2v) is 6.77. The van der Waals surface area contributed by atoms with Crippen LogP contribution in [0.25, 0.3) is 11.1 Å². The van der Waals surface area contributed by atoms with Gasteiger partial charge < -0.3 is 0 Å². The van der Waals surface area contributed by atoms with Crippen molar-refractivity contribution in [2.45, 2.75) is 4.90 Å². The van der Waals surface area contributed by atoms with E-state index in [1.165, 1.54) is 6.26 Å². The Balaban J connectivity index is 2.44. The van der Waals surface area contributed by atoms with E-state index in [1.807, 2.05) is 6.07 Å². The molecule has 0 heterocycles. The Morgan fingerprint density at radius 1 is 1.15 bits per heavy atom. The van der Waals surface area contributed by atoms with Crippen molar-refractivity contribution in [1.82, 2.24) is 0 Å². The van der Waals surface area contributed by atoms with Crippen LogP contribution in [0.4, 0.5) is 5.69 Å². The molecule has 0 amide bonds. The number of hydrogen-bond donors (Lipinski definition) is 0. The molecule has 20 heavy (non-hydrogen) atoms. The molecule has 2 aromatic rings. The molecule has 0 saturated heterocycles. The van der Waals surface area contributed by atoms with Gasteiger partial charge in [-0.2, -0.15) is 4.99 Å². The fourth-order valence-electron chi connectivity index (χ4n) is 1.74. The Morgan fingerprint density at radius 3 is 2.30 bits per heavy atom. The fourth-order valence-corrected chi connectivity index (χ4v) is 2.76. The zero-order valence-corrected chi connectivity index (χ0v) is 12.9. The van der Waals surface area contributed by atoms with E-state index in [0.29, 0.717) is 10.7 Å². The van der Waals surface area contributed by atoms with E-state index in [4.69, 9.17) is 11.6 Å². The fraction of sp³-hybridized carbons (Fsp3) is 0.0714. The molecular weight excluding hydrogens is 314 g/mol. The van der Waals surface area contributed by atoms with Crippen molar-refractivity contribution in [3.63, 3.8) is 0 Å². The first-order valence-electron chi connectivity index (χ1n) is 5.60. The Hall–Kier alpha value is -1.52. The lowest BCUT2D eigenvalue weighted by molar-refractivity contribution is 0.602. The highest BCUT2D eigenvalue weighted by atomic mass is 35.5. The molecule has 3 nitrogen and oxygen atoms in total. The average Bonchev–Trinajstić information content (AvgIpc) is 2.38. The minimum atomic E-state index is -3.19. The molecule has 0 unspecified atom stereocenters. The smallest absolute Gasteiger partial charge is 0.175 e. The maximum Gasteiger partial charge on any atom is 0.175 e. The van der Waals surface area contributed by atoms with Gasteiger partial charge in [0, 0.05) is 11.8 Å². The minimum absolute atomic E-state index is 0.277. The molecule has 2 rings (SSSR count). The molecule has 0 saturated carbocycles. The lowest BCUT2D eigenvalue weighted by atomic mass is 10.1. The molecule has 0 radical (unpaired) electrons. The first kappa shape index (κ1) is 14.9. The van der Waals surface area contributed by atoms with Crippen LogP contribution in [0.2, 0.25) is 5.02 Å². The second-order valence-electron chi connectivity index (χ2n) is 4.16. The monoisotopic (exact) mass is 323 g/mol. The summed E-state index contributed by atoms with van der Waals surface area (Å²) >= 11 is 10.7. The van der Waals surface area contributed by atoms with E-state index in [2.05, 4.69) is 22.4 Å². The van der Waals surface area contributed by atoms with Gasteiger partial charge in [-0.1, -0.05) is 29.8 Å². The normalized spacial score (nSPS) is 10.9. The molecule has 0 spiro atoms. The number of aliphatic imine (C=N–C) groups is 1. The zero-order valence-electron chi connectivity index (χ0n) is 10.5. The average molecular weight is 324 g/mol.